The Morgan fingerprint density at radius 2 is 0.761 bits per heavy atom. The molecule has 0 radical (unpaired) electrons. The second-order valence-corrected chi connectivity index (χ2v) is 13.8. The number of hydrogen-bond donors (Lipinski definition) is 0. The molecule has 0 spiro atoms. The smallest absolute Gasteiger partial charge is 0.159 e. The fourth-order valence-electron chi connectivity index (χ4n) is 6.46. The summed E-state index contributed by atoms with van der Waals surface area (Å²) in [6, 6.07) is 33.2. The van der Waals surface area contributed by atoms with E-state index in [1.807, 2.05) is 50.2 Å². The number of aliphatic imine (C=N–C) groups is 2. The van der Waals surface area contributed by atoms with Crippen molar-refractivity contribution < 1.29 is 4.79 Å². The number of para-hydroxylation sites is 2. The molecule has 0 fully saturated rings. The second-order valence-electron chi connectivity index (χ2n) is 13.8. The van der Waals surface area contributed by atoms with Crippen molar-refractivity contribution in [3.8, 4) is 0 Å². The van der Waals surface area contributed by atoms with Crippen molar-refractivity contribution in [3.63, 3.8) is 0 Å². The molecule has 0 heterocycles. The van der Waals surface area contributed by atoms with Crippen LogP contribution >= 0.6 is 0 Å². The maximum Gasteiger partial charge on any atom is 0.159 e. The molecule has 240 valence electrons. The average molecular weight is 613 g/mol. The van der Waals surface area contributed by atoms with Crippen LogP contribution in [0.25, 0.3) is 0 Å². The number of nitrogens with zero attached hydrogens (tertiary/aromatic N) is 2. The Balaban J connectivity index is 2.02. The van der Waals surface area contributed by atoms with Gasteiger partial charge in [-0.15, -0.1) is 0 Å². The number of carbonyl (C=O) groups excluding carboxylic acids is 1. The van der Waals surface area contributed by atoms with E-state index in [-0.39, 0.29) is 5.78 Å². The zero-order valence-corrected chi connectivity index (χ0v) is 29.5. The van der Waals surface area contributed by atoms with Gasteiger partial charge in [0.15, 0.2) is 5.78 Å². The van der Waals surface area contributed by atoms with Gasteiger partial charge in [0.25, 0.3) is 0 Å². The SMILES string of the molecule is CC(=Nc1c(C(C)C)cccc1C(C)C)C(C(=O)C(c1ccccc1)c1ccccc1)C(C)=Nc1c(C(C)C)cccc1C(C)C. The first kappa shape index (κ1) is 34.8. The van der Waals surface area contributed by atoms with E-state index in [4.69, 9.17) is 9.98 Å². The minimum Gasteiger partial charge on any atom is -0.297 e. The fourth-order valence-corrected chi connectivity index (χ4v) is 6.46. The molecule has 46 heavy (non-hydrogen) atoms. The van der Waals surface area contributed by atoms with Crippen LogP contribution in [0, 0.1) is 5.92 Å². The maximum atomic E-state index is 15.2. The highest BCUT2D eigenvalue weighted by molar-refractivity contribution is 6.24. The molecule has 0 unspecified atom stereocenters. The van der Waals surface area contributed by atoms with Crippen LogP contribution in [-0.2, 0) is 4.79 Å². The Bertz CT molecular complexity index is 1510. The summed E-state index contributed by atoms with van der Waals surface area (Å²) in [7, 11) is 0. The van der Waals surface area contributed by atoms with Gasteiger partial charge in [0.1, 0.15) is 0 Å². The highest BCUT2D eigenvalue weighted by Gasteiger charge is 2.34. The Morgan fingerprint density at radius 3 is 1.04 bits per heavy atom. The average Bonchev–Trinajstić information content (AvgIpc) is 3.02. The van der Waals surface area contributed by atoms with Crippen LogP contribution in [0.5, 0.6) is 0 Å². The molecule has 0 aliphatic carbocycles. The van der Waals surface area contributed by atoms with Gasteiger partial charge in [-0.05, 0) is 70.9 Å². The van der Waals surface area contributed by atoms with Gasteiger partial charge in [-0.25, -0.2) is 0 Å². The highest BCUT2D eigenvalue weighted by atomic mass is 16.1. The number of hydrogen-bond acceptors (Lipinski definition) is 3. The Kier molecular flexibility index (Phi) is 11.7. The number of benzene rings is 4. The lowest BCUT2D eigenvalue weighted by Crippen LogP contribution is -2.33. The monoisotopic (exact) mass is 612 g/mol. The molecule has 0 bridgehead atoms. The van der Waals surface area contributed by atoms with Gasteiger partial charge >= 0.3 is 0 Å². The topological polar surface area (TPSA) is 41.8 Å². The number of rotatable bonds is 12. The van der Waals surface area contributed by atoms with E-state index in [9.17, 15) is 0 Å². The number of carbonyl (C=O) groups is 1. The van der Waals surface area contributed by atoms with E-state index in [0.29, 0.717) is 23.7 Å². The van der Waals surface area contributed by atoms with Crippen molar-refractivity contribution in [1.29, 1.82) is 0 Å². The van der Waals surface area contributed by atoms with Crippen molar-refractivity contribution in [2.24, 2.45) is 15.9 Å². The molecule has 4 aromatic rings. The molecule has 3 heteroatoms. The molecule has 0 amide bonds. The summed E-state index contributed by atoms with van der Waals surface area (Å²) in [6.07, 6.45) is 0. The summed E-state index contributed by atoms with van der Waals surface area (Å²) >= 11 is 0. The Morgan fingerprint density at radius 1 is 0.457 bits per heavy atom. The van der Waals surface area contributed by atoms with Gasteiger partial charge in [-0.1, -0.05) is 152 Å². The largest absolute Gasteiger partial charge is 0.297 e. The summed E-state index contributed by atoms with van der Waals surface area (Å²) < 4.78 is 0. The highest BCUT2D eigenvalue weighted by Crippen LogP contribution is 2.38. The van der Waals surface area contributed by atoms with Crippen LogP contribution in [0.2, 0.25) is 0 Å². The van der Waals surface area contributed by atoms with Crippen molar-refractivity contribution in [2.75, 3.05) is 0 Å². The molecule has 0 aromatic heterocycles. The van der Waals surface area contributed by atoms with E-state index in [1.54, 1.807) is 0 Å². The first-order valence-electron chi connectivity index (χ1n) is 16.9. The number of ketones is 1. The van der Waals surface area contributed by atoms with Crippen LogP contribution < -0.4 is 0 Å². The molecule has 0 atom stereocenters. The summed E-state index contributed by atoms with van der Waals surface area (Å²) in [5, 5.41) is 0. The molecule has 0 saturated heterocycles. The Labute approximate surface area is 277 Å². The molecular formula is C43H52N2O. The van der Waals surface area contributed by atoms with Gasteiger partial charge < -0.3 is 0 Å². The van der Waals surface area contributed by atoms with Gasteiger partial charge in [-0.2, -0.15) is 0 Å². The van der Waals surface area contributed by atoms with Crippen molar-refractivity contribution in [2.45, 2.75) is 98.8 Å². The molecule has 0 aliphatic heterocycles. The van der Waals surface area contributed by atoms with E-state index in [1.165, 1.54) is 22.3 Å². The van der Waals surface area contributed by atoms with Gasteiger partial charge in [0.2, 0.25) is 0 Å². The lowest BCUT2D eigenvalue weighted by molar-refractivity contribution is -0.120. The normalized spacial score (nSPS) is 13.4. The summed E-state index contributed by atoms with van der Waals surface area (Å²) in [4.78, 5) is 26.0. The van der Waals surface area contributed by atoms with Crippen LogP contribution in [0.1, 0.15) is 132 Å². The third kappa shape index (κ3) is 7.81. The first-order valence-corrected chi connectivity index (χ1v) is 16.9. The van der Waals surface area contributed by atoms with Crippen molar-refractivity contribution in [3.05, 3.63) is 130 Å². The molecule has 3 nitrogen and oxygen atoms in total. The summed E-state index contributed by atoms with van der Waals surface area (Å²) in [6.45, 7) is 21.7. The fraction of sp³-hybridized carbons (Fsp3) is 0.372. The molecule has 0 aliphatic rings. The third-order valence-corrected chi connectivity index (χ3v) is 8.93. The molecule has 0 N–H and O–H groups in total. The van der Waals surface area contributed by atoms with Crippen LogP contribution in [-0.4, -0.2) is 17.2 Å². The Hall–Kier alpha value is -4.11. The zero-order valence-electron chi connectivity index (χ0n) is 29.5. The van der Waals surface area contributed by atoms with Crippen molar-refractivity contribution in [1.82, 2.24) is 0 Å². The molecular weight excluding hydrogens is 560 g/mol. The summed E-state index contributed by atoms with van der Waals surface area (Å²) in [5.41, 5.74) is 10.2. The second kappa shape index (κ2) is 15.5. The minimum absolute atomic E-state index is 0.0844. The maximum absolute atomic E-state index is 15.2. The quantitative estimate of drug-likeness (QED) is 0.147. The molecule has 0 saturated carbocycles. The van der Waals surface area contributed by atoms with Crippen molar-refractivity contribution >= 4 is 28.6 Å². The standard InChI is InChI=1S/C43H52N2O/c1-27(2)35-23-17-24-36(28(3)4)41(35)44-31(9)39(32(10)45-42-37(29(5)6)25-18-26-38(42)30(7)8)43(46)40(33-19-13-11-14-20-33)34-21-15-12-16-22-34/h11-30,39-40H,1-10H3. The van der Waals surface area contributed by atoms with Crippen LogP contribution in [0.4, 0.5) is 11.4 Å². The van der Waals surface area contributed by atoms with Gasteiger partial charge in [0.05, 0.1) is 23.2 Å². The van der Waals surface area contributed by atoms with Gasteiger partial charge in [-0.3, -0.25) is 14.8 Å². The predicted molar refractivity (Wildman–Crippen MR) is 198 cm³/mol. The number of Topliss-reactive ketones (excluding diaryl/α,β-unsaturated/α-hetero) is 1. The van der Waals surface area contributed by atoms with Crippen LogP contribution in [0.15, 0.2) is 107 Å². The third-order valence-electron chi connectivity index (χ3n) is 8.93. The first-order chi connectivity index (χ1) is 21.9. The van der Waals surface area contributed by atoms with E-state index < -0.39 is 11.8 Å². The van der Waals surface area contributed by atoms with E-state index >= 15 is 4.79 Å². The molecule has 4 rings (SSSR count). The lowest BCUT2D eigenvalue weighted by Gasteiger charge is -2.25. The minimum atomic E-state index is -0.620. The van der Waals surface area contributed by atoms with Crippen LogP contribution in [0.3, 0.4) is 0 Å². The predicted octanol–water partition coefficient (Wildman–Crippen LogP) is 12.1. The zero-order chi connectivity index (χ0) is 33.5. The van der Waals surface area contributed by atoms with E-state index in [2.05, 4.69) is 116 Å². The summed E-state index contributed by atoms with van der Waals surface area (Å²) in [5.74, 6) is 0.179. The molecule has 4 aromatic carbocycles. The van der Waals surface area contributed by atoms with E-state index in [0.717, 1.165) is 33.9 Å². The lowest BCUT2D eigenvalue weighted by atomic mass is 9.79. The van der Waals surface area contributed by atoms with Gasteiger partial charge in [0, 0.05) is 11.4 Å².